The number of amides is 1. The van der Waals surface area contributed by atoms with Crippen molar-refractivity contribution in [1.82, 2.24) is 5.32 Å². The highest BCUT2D eigenvalue weighted by molar-refractivity contribution is 7.20. The molecular formula is C11H14Cl3NOS. The Hall–Kier alpha value is 0.0400. The number of halogens is 3. The molecule has 1 aromatic heterocycles. The van der Waals surface area contributed by atoms with Crippen LogP contribution in [0.3, 0.4) is 0 Å². The summed E-state index contributed by atoms with van der Waals surface area (Å²) in [7, 11) is 0. The first kappa shape index (κ1) is 15.1. The molecule has 2 nitrogen and oxygen atoms in total. The van der Waals surface area contributed by atoms with Crippen LogP contribution >= 0.6 is 46.1 Å². The van der Waals surface area contributed by atoms with Gasteiger partial charge in [-0.25, -0.2) is 0 Å². The van der Waals surface area contributed by atoms with E-state index in [9.17, 15) is 4.79 Å². The van der Waals surface area contributed by atoms with Gasteiger partial charge in [0.15, 0.2) is 0 Å². The van der Waals surface area contributed by atoms with Crippen LogP contribution in [0.15, 0.2) is 6.07 Å². The third-order valence-electron chi connectivity index (χ3n) is 2.44. The van der Waals surface area contributed by atoms with E-state index in [-0.39, 0.29) is 11.9 Å². The lowest BCUT2D eigenvalue weighted by Crippen LogP contribution is -2.38. The number of carbonyl (C=O) groups excluding carboxylic acids is 1. The molecule has 1 amide bonds. The summed E-state index contributed by atoms with van der Waals surface area (Å²) in [6.07, 6.45) is 0.737. The number of rotatable bonds is 5. The molecule has 1 heterocycles. The van der Waals surface area contributed by atoms with Gasteiger partial charge in [0.2, 0.25) is 0 Å². The van der Waals surface area contributed by atoms with Crippen LogP contribution in [0.25, 0.3) is 0 Å². The van der Waals surface area contributed by atoms with Crippen molar-refractivity contribution in [3.63, 3.8) is 0 Å². The quantitative estimate of drug-likeness (QED) is 0.800. The van der Waals surface area contributed by atoms with Gasteiger partial charge in [-0.3, -0.25) is 4.79 Å². The molecule has 0 aliphatic heterocycles. The van der Waals surface area contributed by atoms with Crippen LogP contribution in [0, 0.1) is 5.92 Å². The predicted octanol–water partition coefficient (Wildman–Crippen LogP) is 4.44. The normalized spacial score (nSPS) is 12.8. The van der Waals surface area contributed by atoms with E-state index in [0.29, 0.717) is 26.0 Å². The monoisotopic (exact) mass is 313 g/mol. The van der Waals surface area contributed by atoms with Crippen LogP contribution in [0.1, 0.15) is 30.6 Å². The molecule has 0 saturated carbocycles. The molecule has 17 heavy (non-hydrogen) atoms. The number of hydrogen-bond donors (Lipinski definition) is 1. The van der Waals surface area contributed by atoms with E-state index in [4.69, 9.17) is 34.8 Å². The molecule has 0 fully saturated rings. The molecule has 1 rings (SSSR count). The van der Waals surface area contributed by atoms with E-state index in [1.54, 1.807) is 6.07 Å². The van der Waals surface area contributed by atoms with Gasteiger partial charge in [0.1, 0.15) is 4.34 Å². The van der Waals surface area contributed by atoms with Crippen molar-refractivity contribution in [2.75, 3.05) is 5.88 Å². The molecule has 1 unspecified atom stereocenters. The highest BCUT2D eigenvalue weighted by Crippen LogP contribution is 2.31. The molecular weight excluding hydrogens is 301 g/mol. The highest BCUT2D eigenvalue weighted by atomic mass is 35.5. The number of alkyl halides is 1. The Balaban J connectivity index is 2.73. The number of nitrogens with one attached hydrogen (secondary N) is 1. The molecule has 0 spiro atoms. The van der Waals surface area contributed by atoms with Gasteiger partial charge in [-0.05, 0) is 18.4 Å². The topological polar surface area (TPSA) is 29.1 Å². The minimum atomic E-state index is -0.193. The van der Waals surface area contributed by atoms with Crippen molar-refractivity contribution in [3.05, 3.63) is 20.3 Å². The maximum atomic E-state index is 12.0. The third-order valence-corrected chi connectivity index (χ3v) is 4.15. The van der Waals surface area contributed by atoms with E-state index < -0.39 is 0 Å². The third kappa shape index (κ3) is 4.32. The first-order valence-electron chi connectivity index (χ1n) is 5.27. The Kier molecular flexibility index (Phi) is 6.07. The standard InChI is InChI=1S/C11H14Cl3NOS/c1-6(2)8(3-4-12)15-11(16)7-5-9(13)17-10(7)14/h5-6,8H,3-4H2,1-2H3,(H,15,16). The minimum absolute atomic E-state index is 0.0507. The zero-order valence-electron chi connectivity index (χ0n) is 9.60. The molecule has 96 valence electrons. The SMILES string of the molecule is CC(C)C(CCCl)NC(=O)c1cc(Cl)sc1Cl. The maximum absolute atomic E-state index is 12.0. The fraction of sp³-hybridized carbons (Fsp3) is 0.545. The summed E-state index contributed by atoms with van der Waals surface area (Å²) in [5.74, 6) is 0.647. The van der Waals surface area contributed by atoms with Crippen LogP contribution < -0.4 is 5.32 Å². The fourth-order valence-electron chi connectivity index (χ4n) is 1.43. The van der Waals surface area contributed by atoms with Crippen LogP contribution in [0.5, 0.6) is 0 Å². The van der Waals surface area contributed by atoms with Gasteiger partial charge in [0, 0.05) is 11.9 Å². The van der Waals surface area contributed by atoms with Crippen molar-refractivity contribution in [2.24, 2.45) is 5.92 Å². The Bertz CT molecular complexity index is 392. The molecule has 0 saturated heterocycles. The number of thiophene rings is 1. The average Bonchev–Trinajstić information content (AvgIpc) is 2.57. The van der Waals surface area contributed by atoms with Crippen molar-refractivity contribution < 1.29 is 4.79 Å². The van der Waals surface area contributed by atoms with E-state index in [1.807, 2.05) is 13.8 Å². The first-order valence-corrected chi connectivity index (χ1v) is 7.38. The molecule has 0 aliphatic rings. The second-order valence-corrected chi connectivity index (χ2v) is 6.70. The largest absolute Gasteiger partial charge is 0.349 e. The Morgan fingerprint density at radius 3 is 2.53 bits per heavy atom. The molecule has 6 heteroatoms. The second kappa shape index (κ2) is 6.83. The van der Waals surface area contributed by atoms with Crippen LogP contribution in [-0.2, 0) is 0 Å². The van der Waals surface area contributed by atoms with E-state index in [2.05, 4.69) is 5.32 Å². The Morgan fingerprint density at radius 2 is 2.12 bits per heavy atom. The van der Waals surface area contributed by atoms with Crippen molar-refractivity contribution in [2.45, 2.75) is 26.3 Å². The lowest BCUT2D eigenvalue weighted by molar-refractivity contribution is 0.0925. The summed E-state index contributed by atoms with van der Waals surface area (Å²) in [4.78, 5) is 12.0. The second-order valence-electron chi connectivity index (χ2n) is 4.04. The maximum Gasteiger partial charge on any atom is 0.253 e. The zero-order valence-corrected chi connectivity index (χ0v) is 12.7. The average molecular weight is 315 g/mol. The van der Waals surface area contributed by atoms with E-state index in [1.165, 1.54) is 11.3 Å². The molecule has 0 bridgehead atoms. The van der Waals surface area contributed by atoms with E-state index in [0.717, 1.165) is 6.42 Å². The van der Waals surface area contributed by atoms with Gasteiger partial charge >= 0.3 is 0 Å². The van der Waals surface area contributed by atoms with Gasteiger partial charge in [-0.1, -0.05) is 37.0 Å². The Morgan fingerprint density at radius 1 is 1.47 bits per heavy atom. The van der Waals surface area contributed by atoms with Crippen LogP contribution in [0.4, 0.5) is 0 Å². The van der Waals surface area contributed by atoms with Crippen LogP contribution in [0.2, 0.25) is 8.67 Å². The van der Waals surface area contributed by atoms with Crippen LogP contribution in [-0.4, -0.2) is 17.8 Å². The van der Waals surface area contributed by atoms with Gasteiger partial charge in [0.25, 0.3) is 5.91 Å². The van der Waals surface area contributed by atoms with Crippen molar-refractivity contribution >= 4 is 52.0 Å². The van der Waals surface area contributed by atoms with Gasteiger partial charge in [-0.2, -0.15) is 0 Å². The molecule has 1 N–H and O–H groups in total. The van der Waals surface area contributed by atoms with Crippen molar-refractivity contribution in [3.8, 4) is 0 Å². The van der Waals surface area contributed by atoms with Gasteiger partial charge in [-0.15, -0.1) is 22.9 Å². The van der Waals surface area contributed by atoms with Gasteiger partial charge < -0.3 is 5.32 Å². The van der Waals surface area contributed by atoms with Crippen molar-refractivity contribution in [1.29, 1.82) is 0 Å². The summed E-state index contributed by atoms with van der Waals surface area (Å²) in [5.41, 5.74) is 0.432. The number of carbonyl (C=O) groups is 1. The molecule has 0 aromatic carbocycles. The summed E-state index contributed by atoms with van der Waals surface area (Å²) in [5, 5.41) is 2.93. The number of hydrogen-bond acceptors (Lipinski definition) is 2. The summed E-state index contributed by atoms with van der Waals surface area (Å²) < 4.78 is 0.930. The summed E-state index contributed by atoms with van der Waals surface area (Å²) in [6, 6.07) is 1.64. The fourth-order valence-corrected chi connectivity index (χ4v) is 3.12. The molecule has 0 radical (unpaired) electrons. The molecule has 0 aliphatic carbocycles. The van der Waals surface area contributed by atoms with E-state index >= 15 is 0 Å². The zero-order chi connectivity index (χ0) is 13.0. The minimum Gasteiger partial charge on any atom is -0.349 e. The predicted molar refractivity (Wildman–Crippen MR) is 75.8 cm³/mol. The molecule has 1 atom stereocenters. The first-order chi connectivity index (χ1) is 7.95. The van der Waals surface area contributed by atoms with Gasteiger partial charge in [0.05, 0.1) is 9.90 Å². The lowest BCUT2D eigenvalue weighted by atomic mass is 10.0. The lowest BCUT2D eigenvalue weighted by Gasteiger charge is -2.21. The summed E-state index contributed by atoms with van der Waals surface area (Å²) in [6.45, 7) is 4.08. The highest BCUT2D eigenvalue weighted by Gasteiger charge is 2.19. The molecule has 1 aromatic rings. The Labute approximate surface area is 120 Å². The smallest absolute Gasteiger partial charge is 0.253 e. The summed E-state index contributed by atoms with van der Waals surface area (Å²) >= 11 is 18.6.